The molecule has 1 atom stereocenters. The SMILES string of the molecule is CCn1ncnc1[C@H](C)NC(=O)c1c(C)nc2ccc(C)cn12. The Balaban J connectivity index is 1.92. The number of amides is 1. The number of hydrogen-bond donors (Lipinski definition) is 1. The minimum absolute atomic E-state index is 0.168. The molecule has 0 aromatic carbocycles. The van der Waals surface area contributed by atoms with Gasteiger partial charge in [-0.15, -0.1) is 0 Å². The van der Waals surface area contributed by atoms with E-state index < -0.39 is 0 Å². The number of nitrogens with one attached hydrogen (secondary N) is 1. The number of carbonyl (C=O) groups excluding carboxylic acids is 1. The lowest BCUT2D eigenvalue weighted by atomic mass is 10.2. The molecule has 3 rings (SSSR count). The Morgan fingerprint density at radius 2 is 2.13 bits per heavy atom. The Morgan fingerprint density at radius 1 is 1.35 bits per heavy atom. The molecule has 3 heterocycles. The van der Waals surface area contributed by atoms with Crippen molar-refractivity contribution in [2.75, 3.05) is 0 Å². The summed E-state index contributed by atoms with van der Waals surface area (Å²) in [6, 6.07) is 3.66. The number of aromatic nitrogens is 5. The van der Waals surface area contributed by atoms with E-state index in [1.165, 1.54) is 6.33 Å². The van der Waals surface area contributed by atoms with Crippen LogP contribution in [0.4, 0.5) is 0 Å². The van der Waals surface area contributed by atoms with E-state index in [9.17, 15) is 4.79 Å². The summed E-state index contributed by atoms with van der Waals surface area (Å²) >= 11 is 0. The van der Waals surface area contributed by atoms with Crippen molar-refractivity contribution in [2.24, 2.45) is 0 Å². The summed E-state index contributed by atoms with van der Waals surface area (Å²) in [7, 11) is 0. The van der Waals surface area contributed by atoms with Gasteiger partial charge in [0.1, 0.15) is 23.5 Å². The molecular weight excluding hydrogens is 292 g/mol. The highest BCUT2D eigenvalue weighted by molar-refractivity contribution is 5.94. The van der Waals surface area contributed by atoms with Gasteiger partial charge >= 0.3 is 0 Å². The first-order valence-corrected chi connectivity index (χ1v) is 7.65. The molecule has 0 aliphatic rings. The van der Waals surface area contributed by atoms with Crippen LogP contribution in [0.1, 0.15) is 47.5 Å². The number of nitrogens with zero attached hydrogens (tertiary/aromatic N) is 5. The maximum atomic E-state index is 12.7. The molecule has 7 nitrogen and oxygen atoms in total. The summed E-state index contributed by atoms with van der Waals surface area (Å²) in [6.07, 6.45) is 3.42. The van der Waals surface area contributed by atoms with Crippen molar-refractivity contribution in [1.82, 2.24) is 29.5 Å². The summed E-state index contributed by atoms with van der Waals surface area (Å²) in [4.78, 5) is 21.4. The van der Waals surface area contributed by atoms with E-state index in [2.05, 4.69) is 20.4 Å². The summed E-state index contributed by atoms with van der Waals surface area (Å²) in [5, 5.41) is 7.13. The fraction of sp³-hybridized carbons (Fsp3) is 0.375. The molecule has 1 N–H and O–H groups in total. The van der Waals surface area contributed by atoms with Crippen LogP contribution in [0.2, 0.25) is 0 Å². The van der Waals surface area contributed by atoms with Gasteiger partial charge in [0, 0.05) is 12.7 Å². The first-order chi connectivity index (χ1) is 11.0. The van der Waals surface area contributed by atoms with Crippen LogP contribution < -0.4 is 5.32 Å². The predicted molar refractivity (Wildman–Crippen MR) is 86.2 cm³/mol. The van der Waals surface area contributed by atoms with E-state index in [-0.39, 0.29) is 11.9 Å². The Labute approximate surface area is 134 Å². The molecule has 0 radical (unpaired) electrons. The first-order valence-electron chi connectivity index (χ1n) is 7.65. The third-order valence-corrected chi connectivity index (χ3v) is 3.84. The lowest BCUT2D eigenvalue weighted by molar-refractivity contribution is 0.0931. The first kappa shape index (κ1) is 15.2. The summed E-state index contributed by atoms with van der Waals surface area (Å²) in [6.45, 7) is 8.44. The van der Waals surface area contributed by atoms with Crippen LogP contribution in [-0.4, -0.2) is 30.1 Å². The summed E-state index contributed by atoms with van der Waals surface area (Å²) < 4.78 is 3.60. The van der Waals surface area contributed by atoms with E-state index >= 15 is 0 Å². The molecule has 0 saturated heterocycles. The quantitative estimate of drug-likeness (QED) is 0.800. The van der Waals surface area contributed by atoms with Crippen molar-refractivity contribution in [3.63, 3.8) is 0 Å². The monoisotopic (exact) mass is 312 g/mol. The van der Waals surface area contributed by atoms with Gasteiger partial charge in [-0.25, -0.2) is 14.6 Å². The fourth-order valence-corrected chi connectivity index (χ4v) is 2.72. The third kappa shape index (κ3) is 2.69. The van der Waals surface area contributed by atoms with Crippen LogP contribution in [-0.2, 0) is 6.54 Å². The number of pyridine rings is 1. The van der Waals surface area contributed by atoms with Crippen LogP contribution >= 0.6 is 0 Å². The zero-order valence-electron chi connectivity index (χ0n) is 13.7. The number of imidazole rings is 1. The molecule has 3 aromatic heterocycles. The zero-order chi connectivity index (χ0) is 16.6. The molecule has 0 saturated carbocycles. The lowest BCUT2D eigenvalue weighted by Crippen LogP contribution is -2.30. The van der Waals surface area contributed by atoms with E-state index in [0.717, 1.165) is 17.0 Å². The third-order valence-electron chi connectivity index (χ3n) is 3.84. The van der Waals surface area contributed by atoms with Crippen molar-refractivity contribution in [3.05, 3.63) is 47.4 Å². The molecule has 7 heteroatoms. The Hall–Kier alpha value is -2.70. The number of rotatable bonds is 4. The number of hydrogen-bond acceptors (Lipinski definition) is 4. The van der Waals surface area contributed by atoms with Crippen LogP contribution in [0, 0.1) is 13.8 Å². The van der Waals surface area contributed by atoms with E-state index in [0.29, 0.717) is 17.9 Å². The van der Waals surface area contributed by atoms with Crippen LogP contribution in [0.25, 0.3) is 5.65 Å². The van der Waals surface area contributed by atoms with Crippen molar-refractivity contribution < 1.29 is 4.79 Å². The van der Waals surface area contributed by atoms with Crippen LogP contribution in [0.3, 0.4) is 0 Å². The Bertz CT molecular complexity index is 863. The molecule has 0 spiro atoms. The number of aryl methyl sites for hydroxylation is 3. The zero-order valence-corrected chi connectivity index (χ0v) is 13.7. The van der Waals surface area contributed by atoms with Gasteiger partial charge in [-0.1, -0.05) is 6.07 Å². The minimum atomic E-state index is -0.236. The Morgan fingerprint density at radius 3 is 2.87 bits per heavy atom. The number of fused-ring (bicyclic) bond motifs is 1. The molecule has 0 bridgehead atoms. The maximum Gasteiger partial charge on any atom is 0.270 e. The number of carbonyl (C=O) groups is 1. The second-order valence-electron chi connectivity index (χ2n) is 5.61. The largest absolute Gasteiger partial charge is 0.341 e. The van der Waals surface area contributed by atoms with Gasteiger partial charge in [-0.2, -0.15) is 5.10 Å². The molecular formula is C16H20N6O. The summed E-state index contributed by atoms with van der Waals surface area (Å²) in [5.74, 6) is 0.572. The normalized spacial score (nSPS) is 12.5. The summed E-state index contributed by atoms with van der Waals surface area (Å²) in [5.41, 5.74) is 3.10. The van der Waals surface area contributed by atoms with Gasteiger partial charge in [0.15, 0.2) is 0 Å². The van der Waals surface area contributed by atoms with Gasteiger partial charge in [-0.3, -0.25) is 9.20 Å². The molecule has 0 fully saturated rings. The highest BCUT2D eigenvalue weighted by atomic mass is 16.2. The highest BCUT2D eigenvalue weighted by Crippen LogP contribution is 2.15. The van der Waals surface area contributed by atoms with Crippen molar-refractivity contribution in [3.8, 4) is 0 Å². The van der Waals surface area contributed by atoms with Crippen LogP contribution in [0.5, 0.6) is 0 Å². The second kappa shape index (κ2) is 5.83. The molecule has 1 amide bonds. The minimum Gasteiger partial charge on any atom is -0.341 e. The fourth-order valence-electron chi connectivity index (χ4n) is 2.72. The van der Waals surface area contributed by atoms with E-state index in [4.69, 9.17) is 0 Å². The molecule has 0 aliphatic heterocycles. The van der Waals surface area contributed by atoms with Crippen molar-refractivity contribution in [1.29, 1.82) is 0 Å². The van der Waals surface area contributed by atoms with E-state index in [1.54, 1.807) is 4.68 Å². The average Bonchev–Trinajstić information content (AvgIpc) is 3.09. The van der Waals surface area contributed by atoms with Crippen molar-refractivity contribution in [2.45, 2.75) is 40.3 Å². The lowest BCUT2D eigenvalue weighted by Gasteiger charge is -2.14. The second-order valence-corrected chi connectivity index (χ2v) is 5.61. The molecule has 0 unspecified atom stereocenters. The molecule has 23 heavy (non-hydrogen) atoms. The van der Waals surface area contributed by atoms with Gasteiger partial charge in [0.25, 0.3) is 5.91 Å². The predicted octanol–water partition coefficient (Wildman–Crippen LogP) is 2.05. The Kier molecular flexibility index (Phi) is 3.85. The van der Waals surface area contributed by atoms with Crippen LogP contribution in [0.15, 0.2) is 24.7 Å². The standard InChI is InChI=1S/C16H20N6O/c1-5-22-15(17-9-18-22)12(4)20-16(23)14-11(3)19-13-7-6-10(2)8-21(13)14/h6-9,12H,5H2,1-4H3,(H,20,23)/t12-/m0/s1. The topological polar surface area (TPSA) is 77.1 Å². The van der Waals surface area contributed by atoms with Gasteiger partial charge < -0.3 is 5.32 Å². The maximum absolute atomic E-state index is 12.7. The average molecular weight is 312 g/mol. The highest BCUT2D eigenvalue weighted by Gasteiger charge is 2.21. The smallest absolute Gasteiger partial charge is 0.270 e. The van der Waals surface area contributed by atoms with Gasteiger partial charge in [-0.05, 0) is 39.3 Å². The molecule has 0 aliphatic carbocycles. The van der Waals surface area contributed by atoms with Gasteiger partial charge in [0.2, 0.25) is 0 Å². The van der Waals surface area contributed by atoms with Crippen molar-refractivity contribution >= 4 is 11.6 Å². The van der Waals surface area contributed by atoms with E-state index in [1.807, 2.05) is 50.4 Å². The molecule has 3 aromatic rings. The molecule has 120 valence electrons. The van der Waals surface area contributed by atoms with Gasteiger partial charge in [0.05, 0.1) is 11.7 Å².